The van der Waals surface area contributed by atoms with Gasteiger partial charge in [-0.15, -0.1) is 0 Å². The lowest BCUT2D eigenvalue weighted by Crippen LogP contribution is -2.65. The molecule has 2 bridgehead atoms. The Bertz CT molecular complexity index is 1010. The normalized spacial score (nSPS) is 33.3. The van der Waals surface area contributed by atoms with Crippen molar-refractivity contribution in [3.8, 4) is 11.5 Å². The van der Waals surface area contributed by atoms with Crippen LogP contribution in [-0.2, 0) is 28.1 Å². The van der Waals surface area contributed by atoms with Crippen LogP contribution in [0, 0.1) is 0 Å². The van der Waals surface area contributed by atoms with E-state index >= 15 is 0 Å². The highest BCUT2D eigenvalue weighted by Gasteiger charge is 2.67. The number of aryl methyl sites for hydroxylation is 1. The van der Waals surface area contributed by atoms with Crippen LogP contribution in [0.3, 0.4) is 0 Å². The standard InChI is InChI=1S/C24H28O8/c1-2-15-4-5-17(24-22(28)20(26)21(27)23(12-25,32-24)13-31-24)11-16(15)9-14-3-6-18-19(10-14)30-8-7-29-18/h3-6,10-11,20-22,25-28H,2,7-9,12-13H2,1H3. The van der Waals surface area contributed by atoms with E-state index in [9.17, 15) is 20.4 Å². The Morgan fingerprint density at radius 1 is 0.938 bits per heavy atom. The molecule has 32 heavy (non-hydrogen) atoms. The lowest BCUT2D eigenvalue weighted by molar-refractivity contribution is -0.329. The third kappa shape index (κ3) is 3.22. The van der Waals surface area contributed by atoms with E-state index in [1.807, 2.05) is 30.3 Å². The maximum absolute atomic E-state index is 10.8. The first-order valence-corrected chi connectivity index (χ1v) is 10.9. The van der Waals surface area contributed by atoms with Gasteiger partial charge in [0.15, 0.2) is 11.5 Å². The molecule has 2 saturated heterocycles. The van der Waals surface area contributed by atoms with Crippen molar-refractivity contribution in [1.29, 1.82) is 0 Å². The highest BCUT2D eigenvalue weighted by atomic mass is 16.8. The summed E-state index contributed by atoms with van der Waals surface area (Å²) in [5.74, 6) is -0.222. The van der Waals surface area contributed by atoms with Crippen molar-refractivity contribution in [2.24, 2.45) is 0 Å². The fraction of sp³-hybridized carbons (Fsp3) is 0.500. The van der Waals surface area contributed by atoms with E-state index in [1.165, 1.54) is 0 Å². The molecule has 8 heteroatoms. The summed E-state index contributed by atoms with van der Waals surface area (Å²) in [5, 5.41) is 41.5. The van der Waals surface area contributed by atoms with Gasteiger partial charge in [0.05, 0.1) is 13.2 Å². The summed E-state index contributed by atoms with van der Waals surface area (Å²) in [5.41, 5.74) is 2.21. The monoisotopic (exact) mass is 444 g/mol. The van der Waals surface area contributed by atoms with Gasteiger partial charge in [0.25, 0.3) is 0 Å². The Morgan fingerprint density at radius 2 is 1.72 bits per heavy atom. The first-order valence-electron chi connectivity index (χ1n) is 10.9. The van der Waals surface area contributed by atoms with Crippen LogP contribution in [0.25, 0.3) is 0 Å². The molecule has 0 amide bonds. The van der Waals surface area contributed by atoms with Gasteiger partial charge in [-0.3, -0.25) is 0 Å². The topological polar surface area (TPSA) is 118 Å². The van der Waals surface area contributed by atoms with Gasteiger partial charge in [0.2, 0.25) is 5.79 Å². The van der Waals surface area contributed by atoms with Gasteiger partial charge in [-0.25, -0.2) is 0 Å². The Labute approximate surface area is 185 Å². The fourth-order valence-electron chi connectivity index (χ4n) is 4.84. The second-order valence-corrected chi connectivity index (χ2v) is 8.65. The van der Waals surface area contributed by atoms with Crippen molar-refractivity contribution >= 4 is 0 Å². The predicted octanol–water partition coefficient (Wildman–Crippen LogP) is 0.638. The van der Waals surface area contributed by atoms with E-state index in [0.29, 0.717) is 25.2 Å². The number of hydrogen-bond acceptors (Lipinski definition) is 8. The molecule has 5 rings (SSSR count). The molecule has 3 heterocycles. The smallest absolute Gasteiger partial charge is 0.225 e. The van der Waals surface area contributed by atoms with Crippen molar-refractivity contribution < 1.29 is 39.4 Å². The SMILES string of the molecule is CCc1ccc(C23OCC(CO)(O2)C(O)C(O)C3O)cc1Cc1ccc2c(c1)OCCO2. The molecular weight excluding hydrogens is 416 g/mol. The number of hydrogen-bond donors (Lipinski definition) is 4. The first kappa shape index (κ1) is 21.6. The maximum atomic E-state index is 10.8. The zero-order valence-electron chi connectivity index (χ0n) is 17.9. The molecule has 2 aromatic rings. The third-order valence-electron chi connectivity index (χ3n) is 6.72. The van der Waals surface area contributed by atoms with Crippen molar-refractivity contribution in [3.63, 3.8) is 0 Å². The largest absolute Gasteiger partial charge is 0.486 e. The first-order chi connectivity index (χ1) is 15.4. The van der Waals surface area contributed by atoms with Crippen molar-refractivity contribution in [1.82, 2.24) is 0 Å². The van der Waals surface area contributed by atoms with Crippen LogP contribution in [0.15, 0.2) is 36.4 Å². The number of rotatable bonds is 5. The molecule has 0 saturated carbocycles. The summed E-state index contributed by atoms with van der Waals surface area (Å²) in [6.07, 6.45) is -3.10. The predicted molar refractivity (Wildman–Crippen MR) is 113 cm³/mol. The van der Waals surface area contributed by atoms with Gasteiger partial charge in [-0.2, -0.15) is 0 Å². The lowest BCUT2D eigenvalue weighted by Gasteiger charge is -2.46. The molecule has 0 spiro atoms. The molecule has 4 N–H and O–H groups in total. The molecule has 3 aliphatic rings. The summed E-state index contributed by atoms with van der Waals surface area (Å²) < 4.78 is 23.2. The summed E-state index contributed by atoms with van der Waals surface area (Å²) in [6.45, 7) is 2.43. The van der Waals surface area contributed by atoms with Gasteiger partial charge < -0.3 is 39.4 Å². The minimum atomic E-state index is -1.67. The number of fused-ring (bicyclic) bond motifs is 3. The summed E-state index contributed by atoms with van der Waals surface area (Å²) >= 11 is 0. The second-order valence-electron chi connectivity index (χ2n) is 8.65. The Morgan fingerprint density at radius 3 is 2.47 bits per heavy atom. The minimum Gasteiger partial charge on any atom is -0.486 e. The number of aliphatic hydroxyl groups excluding tert-OH is 4. The molecule has 5 unspecified atom stereocenters. The van der Waals surface area contributed by atoms with E-state index in [4.69, 9.17) is 18.9 Å². The van der Waals surface area contributed by atoms with Crippen LogP contribution < -0.4 is 9.47 Å². The van der Waals surface area contributed by atoms with E-state index in [2.05, 4.69) is 6.92 Å². The Balaban J connectivity index is 1.51. The van der Waals surface area contributed by atoms with Crippen LogP contribution in [0.4, 0.5) is 0 Å². The van der Waals surface area contributed by atoms with Gasteiger partial charge in [0.1, 0.15) is 37.1 Å². The van der Waals surface area contributed by atoms with Crippen LogP contribution in [-0.4, -0.2) is 70.8 Å². The molecule has 5 atom stereocenters. The number of benzene rings is 2. The minimum absolute atomic E-state index is 0.147. The average molecular weight is 444 g/mol. The third-order valence-corrected chi connectivity index (χ3v) is 6.72. The molecule has 2 aromatic carbocycles. The molecule has 172 valence electrons. The van der Waals surface area contributed by atoms with Gasteiger partial charge in [-0.05, 0) is 47.7 Å². The molecular formula is C24H28O8. The molecule has 3 aliphatic heterocycles. The second kappa shape index (κ2) is 7.98. The van der Waals surface area contributed by atoms with Gasteiger partial charge in [-0.1, -0.05) is 25.1 Å². The number of ether oxygens (including phenoxy) is 4. The highest BCUT2D eigenvalue weighted by Crippen LogP contribution is 2.49. The van der Waals surface area contributed by atoms with Gasteiger partial charge >= 0.3 is 0 Å². The number of aliphatic hydroxyl groups is 4. The maximum Gasteiger partial charge on any atom is 0.225 e. The van der Waals surface area contributed by atoms with Crippen molar-refractivity contribution in [2.45, 2.75) is 49.5 Å². The molecule has 0 aromatic heterocycles. The average Bonchev–Trinajstić information content (AvgIpc) is 3.22. The summed E-state index contributed by atoms with van der Waals surface area (Å²) in [4.78, 5) is 0. The van der Waals surface area contributed by atoms with Crippen LogP contribution in [0.1, 0.15) is 29.2 Å². The summed E-state index contributed by atoms with van der Waals surface area (Å²) in [7, 11) is 0. The van der Waals surface area contributed by atoms with Crippen LogP contribution in [0.5, 0.6) is 11.5 Å². The Kier molecular flexibility index (Phi) is 5.40. The van der Waals surface area contributed by atoms with Gasteiger partial charge in [0, 0.05) is 5.56 Å². The lowest BCUT2D eigenvalue weighted by atomic mass is 9.83. The zero-order valence-corrected chi connectivity index (χ0v) is 17.9. The van der Waals surface area contributed by atoms with E-state index < -0.39 is 36.3 Å². The summed E-state index contributed by atoms with van der Waals surface area (Å²) in [6, 6.07) is 11.5. The van der Waals surface area contributed by atoms with Crippen molar-refractivity contribution in [3.05, 3.63) is 58.7 Å². The quantitative estimate of drug-likeness (QED) is 0.531. The molecule has 2 fully saturated rings. The highest BCUT2D eigenvalue weighted by molar-refractivity contribution is 5.46. The molecule has 8 nitrogen and oxygen atoms in total. The van der Waals surface area contributed by atoms with E-state index in [-0.39, 0.29) is 6.61 Å². The van der Waals surface area contributed by atoms with E-state index in [0.717, 1.165) is 34.6 Å². The Hall–Kier alpha value is -2.20. The zero-order chi connectivity index (χ0) is 22.5. The van der Waals surface area contributed by atoms with Crippen molar-refractivity contribution in [2.75, 3.05) is 26.4 Å². The fourth-order valence-corrected chi connectivity index (χ4v) is 4.84. The molecule has 0 aliphatic carbocycles. The van der Waals surface area contributed by atoms with Crippen LogP contribution in [0.2, 0.25) is 0 Å². The van der Waals surface area contributed by atoms with E-state index in [1.54, 1.807) is 6.07 Å². The molecule has 0 radical (unpaired) electrons. The van der Waals surface area contributed by atoms with Crippen LogP contribution >= 0.6 is 0 Å².